The average Bonchev–Trinajstić information content (AvgIpc) is 2.38. The van der Waals surface area contributed by atoms with E-state index < -0.39 is 0 Å². The second-order valence-corrected chi connectivity index (χ2v) is 5.56. The molecule has 0 atom stereocenters. The Labute approximate surface area is 106 Å². The van der Waals surface area contributed by atoms with Crippen molar-refractivity contribution in [1.29, 1.82) is 0 Å². The number of hydrogen-bond donors (Lipinski definition) is 0. The molecule has 0 unspecified atom stereocenters. The van der Waals surface area contributed by atoms with Gasteiger partial charge in [-0.25, -0.2) is 0 Å². The van der Waals surface area contributed by atoms with Gasteiger partial charge >= 0.3 is 0 Å². The summed E-state index contributed by atoms with van der Waals surface area (Å²) >= 11 is 0. The van der Waals surface area contributed by atoms with E-state index in [9.17, 15) is 0 Å². The summed E-state index contributed by atoms with van der Waals surface area (Å²) in [6.07, 6.45) is 9.83. The molecule has 0 heterocycles. The summed E-state index contributed by atoms with van der Waals surface area (Å²) < 4.78 is 0. The van der Waals surface area contributed by atoms with E-state index in [1.807, 2.05) is 0 Å². The molecule has 0 aliphatic heterocycles. The highest BCUT2D eigenvalue weighted by Crippen LogP contribution is 2.38. The second-order valence-electron chi connectivity index (χ2n) is 5.56. The molecule has 0 nitrogen and oxygen atoms in total. The third kappa shape index (κ3) is 3.34. The molecule has 1 aromatic carbocycles. The zero-order chi connectivity index (χ0) is 12.1. The Balaban J connectivity index is 1.89. The van der Waals surface area contributed by atoms with Crippen LogP contribution in [0.2, 0.25) is 0 Å². The predicted molar refractivity (Wildman–Crippen MR) is 75.1 cm³/mol. The van der Waals surface area contributed by atoms with Crippen molar-refractivity contribution in [3.63, 3.8) is 0 Å². The van der Waals surface area contributed by atoms with E-state index in [1.54, 1.807) is 0 Å². The minimum Gasteiger partial charge on any atom is -0.0654 e. The highest BCUT2D eigenvalue weighted by atomic mass is 14.3. The van der Waals surface area contributed by atoms with Crippen molar-refractivity contribution in [1.82, 2.24) is 0 Å². The molecule has 0 heteroatoms. The summed E-state index contributed by atoms with van der Waals surface area (Å²) in [5.41, 5.74) is 2.74. The summed E-state index contributed by atoms with van der Waals surface area (Å²) in [6, 6.07) is 8.68. The van der Waals surface area contributed by atoms with Crippen molar-refractivity contribution >= 4 is 0 Å². The average molecular weight is 229 g/mol. The molecule has 1 aliphatic carbocycles. The maximum atomic E-state index is 4.16. The summed E-state index contributed by atoms with van der Waals surface area (Å²) in [6.45, 7) is 6.46. The minimum atomic E-state index is 0.779. The molecule has 93 valence electrons. The molecule has 17 heavy (non-hydrogen) atoms. The van der Waals surface area contributed by atoms with Crippen LogP contribution in [-0.4, -0.2) is 0 Å². The Hall–Kier alpha value is -0.780. The molecule has 1 radical (unpaired) electrons. The van der Waals surface area contributed by atoms with Crippen LogP contribution in [-0.2, 0) is 0 Å². The highest BCUT2D eigenvalue weighted by molar-refractivity contribution is 5.32. The zero-order valence-electron chi connectivity index (χ0n) is 11.1. The second kappa shape index (κ2) is 6.23. The van der Waals surface area contributed by atoms with E-state index in [1.165, 1.54) is 56.1 Å². The molecular weight excluding hydrogens is 204 g/mol. The molecule has 1 aromatic rings. The molecule has 0 aromatic heterocycles. The zero-order valence-corrected chi connectivity index (χ0v) is 11.1. The van der Waals surface area contributed by atoms with Crippen LogP contribution in [0, 0.1) is 12.8 Å². The smallest absolute Gasteiger partial charge is 0.0159 e. The molecule has 0 N–H and O–H groups in total. The fourth-order valence-corrected chi connectivity index (χ4v) is 3.19. The molecule has 0 spiro atoms. The molecule has 2 rings (SSSR count). The van der Waals surface area contributed by atoms with E-state index >= 15 is 0 Å². The Kier molecular flexibility index (Phi) is 4.65. The topological polar surface area (TPSA) is 0 Å². The van der Waals surface area contributed by atoms with E-state index in [0.717, 1.165) is 11.8 Å². The van der Waals surface area contributed by atoms with Crippen LogP contribution < -0.4 is 0 Å². The van der Waals surface area contributed by atoms with Gasteiger partial charge < -0.3 is 0 Å². The van der Waals surface area contributed by atoms with Gasteiger partial charge in [-0.2, -0.15) is 0 Å². The monoisotopic (exact) mass is 229 g/mol. The SMILES string of the molecule is [CH2]c1ccccc1C1CCC(CCCC)CC1. The first-order valence-electron chi connectivity index (χ1n) is 7.22. The standard InChI is InChI=1S/C17H25/c1-3-4-8-15-10-12-16(13-11-15)17-9-6-5-7-14(17)2/h5-7,9,15-16H,2-4,8,10-13H2,1H3. The first-order valence-corrected chi connectivity index (χ1v) is 7.22. The molecule has 0 bridgehead atoms. The Morgan fingerprint density at radius 1 is 1.12 bits per heavy atom. The van der Waals surface area contributed by atoms with Crippen molar-refractivity contribution in [2.24, 2.45) is 5.92 Å². The van der Waals surface area contributed by atoms with E-state index in [0.29, 0.717) is 0 Å². The highest BCUT2D eigenvalue weighted by Gasteiger charge is 2.22. The van der Waals surface area contributed by atoms with Gasteiger partial charge in [-0.3, -0.25) is 0 Å². The van der Waals surface area contributed by atoms with Crippen LogP contribution in [0.25, 0.3) is 0 Å². The number of benzene rings is 1. The summed E-state index contributed by atoms with van der Waals surface area (Å²) in [5, 5.41) is 0. The maximum absolute atomic E-state index is 4.16. The van der Waals surface area contributed by atoms with Crippen LogP contribution in [0.15, 0.2) is 24.3 Å². The van der Waals surface area contributed by atoms with Crippen molar-refractivity contribution in [3.8, 4) is 0 Å². The summed E-state index contributed by atoms with van der Waals surface area (Å²) in [4.78, 5) is 0. The number of hydrogen-bond acceptors (Lipinski definition) is 0. The Bertz CT molecular complexity index is 332. The van der Waals surface area contributed by atoms with Gasteiger partial charge in [-0.15, -0.1) is 0 Å². The predicted octanol–water partition coefficient (Wildman–Crippen LogP) is 5.33. The van der Waals surface area contributed by atoms with Gasteiger partial charge in [-0.05, 0) is 55.6 Å². The molecule has 0 amide bonds. The Morgan fingerprint density at radius 3 is 2.47 bits per heavy atom. The van der Waals surface area contributed by atoms with Gasteiger partial charge in [0.05, 0.1) is 0 Å². The van der Waals surface area contributed by atoms with Gasteiger partial charge in [0.25, 0.3) is 0 Å². The van der Waals surface area contributed by atoms with E-state index in [-0.39, 0.29) is 0 Å². The normalized spacial score (nSPS) is 24.8. The van der Waals surface area contributed by atoms with Crippen molar-refractivity contribution in [3.05, 3.63) is 42.3 Å². The maximum Gasteiger partial charge on any atom is -0.0159 e. The molecule has 1 saturated carbocycles. The first kappa shape index (κ1) is 12.7. The third-order valence-corrected chi connectivity index (χ3v) is 4.31. The number of rotatable bonds is 4. The van der Waals surface area contributed by atoms with Gasteiger partial charge in [0.1, 0.15) is 0 Å². The summed E-state index contributed by atoms with van der Waals surface area (Å²) in [7, 11) is 0. The quantitative estimate of drug-likeness (QED) is 0.654. The molecule has 1 aliphatic rings. The first-order chi connectivity index (χ1) is 8.31. The van der Waals surface area contributed by atoms with Gasteiger partial charge in [-0.1, -0.05) is 50.5 Å². The fourth-order valence-electron chi connectivity index (χ4n) is 3.19. The van der Waals surface area contributed by atoms with Gasteiger partial charge in [0.15, 0.2) is 0 Å². The minimum absolute atomic E-state index is 0.779. The van der Waals surface area contributed by atoms with E-state index in [2.05, 4.69) is 38.1 Å². The van der Waals surface area contributed by atoms with Crippen LogP contribution in [0.3, 0.4) is 0 Å². The molecule has 1 fully saturated rings. The lowest BCUT2D eigenvalue weighted by atomic mass is 9.76. The largest absolute Gasteiger partial charge is 0.0654 e. The molecule has 0 saturated heterocycles. The van der Waals surface area contributed by atoms with Crippen LogP contribution in [0.4, 0.5) is 0 Å². The number of unbranched alkanes of at least 4 members (excludes halogenated alkanes) is 1. The van der Waals surface area contributed by atoms with Gasteiger partial charge in [0.2, 0.25) is 0 Å². The molecular formula is C17H25. The van der Waals surface area contributed by atoms with Crippen LogP contribution in [0.5, 0.6) is 0 Å². The fraction of sp³-hybridized carbons (Fsp3) is 0.588. The van der Waals surface area contributed by atoms with Crippen molar-refractivity contribution < 1.29 is 0 Å². The Morgan fingerprint density at radius 2 is 1.82 bits per heavy atom. The summed E-state index contributed by atoms with van der Waals surface area (Å²) in [5.74, 6) is 1.78. The lowest BCUT2D eigenvalue weighted by molar-refractivity contribution is 0.304. The third-order valence-electron chi connectivity index (χ3n) is 4.31. The van der Waals surface area contributed by atoms with Crippen molar-refractivity contribution in [2.75, 3.05) is 0 Å². The van der Waals surface area contributed by atoms with Crippen LogP contribution in [0.1, 0.15) is 68.9 Å². The van der Waals surface area contributed by atoms with Gasteiger partial charge in [0, 0.05) is 0 Å². The van der Waals surface area contributed by atoms with Crippen molar-refractivity contribution in [2.45, 2.75) is 57.8 Å². The lowest BCUT2D eigenvalue weighted by Crippen LogP contribution is -2.14. The van der Waals surface area contributed by atoms with Crippen LogP contribution >= 0.6 is 0 Å². The van der Waals surface area contributed by atoms with E-state index in [4.69, 9.17) is 0 Å². The lowest BCUT2D eigenvalue weighted by Gasteiger charge is -2.29.